The van der Waals surface area contributed by atoms with Crippen molar-refractivity contribution in [2.24, 2.45) is 0 Å². The molecule has 0 spiro atoms. The predicted molar refractivity (Wildman–Crippen MR) is 76.0 cm³/mol. The van der Waals surface area contributed by atoms with Crippen molar-refractivity contribution in [1.29, 1.82) is 0 Å². The second-order valence-electron chi connectivity index (χ2n) is 5.74. The summed E-state index contributed by atoms with van der Waals surface area (Å²) in [5.74, 6) is -0.873. The number of hydrogen-bond donors (Lipinski definition) is 2. The number of carbonyl (C=O) groups is 1. The molecule has 1 aromatic carbocycles. The van der Waals surface area contributed by atoms with Crippen LogP contribution in [0.3, 0.4) is 0 Å². The highest BCUT2D eigenvalue weighted by atomic mass is 28.3. The van der Waals surface area contributed by atoms with Gasteiger partial charge in [-0.3, -0.25) is 0 Å². The van der Waals surface area contributed by atoms with Gasteiger partial charge in [0.25, 0.3) is 0 Å². The Hall–Kier alpha value is -1.33. The van der Waals surface area contributed by atoms with Crippen molar-refractivity contribution < 1.29 is 19.4 Å². The summed E-state index contributed by atoms with van der Waals surface area (Å²) in [7, 11) is -0.923. The van der Waals surface area contributed by atoms with Crippen molar-refractivity contribution in [2.75, 3.05) is 0 Å². The van der Waals surface area contributed by atoms with Crippen molar-refractivity contribution >= 4 is 15.0 Å². The third-order valence-corrected chi connectivity index (χ3v) is 3.50. The van der Waals surface area contributed by atoms with Gasteiger partial charge in [0.05, 0.1) is 12.2 Å². The number of aromatic carboxylic acids is 1. The molecule has 0 aliphatic heterocycles. The zero-order valence-electron chi connectivity index (χ0n) is 12.1. The minimum absolute atomic E-state index is 0.122. The molecule has 0 aromatic heterocycles. The third-order valence-electron chi connectivity index (χ3n) is 2.78. The standard InChI is InChI=1S/C14H21O4Si/c1-14(2,3)12-10(8-18-19(4)5)9(13(16)17)6-7-11(12)15/h6-7,15H,8H2,1-5H3,(H,16,17). The second kappa shape index (κ2) is 5.75. The number of phenolic OH excluding ortho intramolecular Hbond substituents is 1. The topological polar surface area (TPSA) is 66.8 Å². The first-order chi connectivity index (χ1) is 8.64. The summed E-state index contributed by atoms with van der Waals surface area (Å²) in [5.41, 5.74) is 1.08. The van der Waals surface area contributed by atoms with Gasteiger partial charge in [-0.25, -0.2) is 4.79 Å². The molecule has 0 saturated carbocycles. The monoisotopic (exact) mass is 281 g/mol. The molecule has 0 atom stereocenters. The first-order valence-electron chi connectivity index (χ1n) is 6.16. The van der Waals surface area contributed by atoms with Crippen molar-refractivity contribution in [1.82, 2.24) is 0 Å². The summed E-state index contributed by atoms with van der Waals surface area (Å²) < 4.78 is 5.64. The molecule has 0 saturated heterocycles. The Balaban J connectivity index is 3.41. The van der Waals surface area contributed by atoms with Crippen LogP contribution in [0, 0.1) is 0 Å². The number of benzene rings is 1. The molecule has 5 heteroatoms. The normalized spacial score (nSPS) is 11.9. The number of aromatic hydroxyl groups is 1. The largest absolute Gasteiger partial charge is 0.508 e. The number of carboxylic acids is 1. The van der Waals surface area contributed by atoms with Gasteiger partial charge in [0.15, 0.2) is 0 Å². The maximum atomic E-state index is 11.3. The van der Waals surface area contributed by atoms with Crippen molar-refractivity contribution in [3.8, 4) is 5.75 Å². The lowest BCUT2D eigenvalue weighted by molar-refractivity contribution is 0.0693. The van der Waals surface area contributed by atoms with Crippen LogP contribution in [-0.2, 0) is 16.4 Å². The van der Waals surface area contributed by atoms with E-state index in [1.54, 1.807) is 0 Å². The average molecular weight is 281 g/mol. The van der Waals surface area contributed by atoms with E-state index >= 15 is 0 Å². The Morgan fingerprint density at radius 1 is 1.32 bits per heavy atom. The zero-order chi connectivity index (χ0) is 14.8. The summed E-state index contributed by atoms with van der Waals surface area (Å²) in [6.07, 6.45) is 0. The van der Waals surface area contributed by atoms with E-state index in [9.17, 15) is 15.0 Å². The second-order valence-corrected chi connectivity index (χ2v) is 7.84. The molecule has 1 radical (unpaired) electrons. The van der Waals surface area contributed by atoms with Crippen LogP contribution < -0.4 is 0 Å². The van der Waals surface area contributed by atoms with Crippen LogP contribution in [0.4, 0.5) is 0 Å². The molecule has 0 bridgehead atoms. The van der Waals surface area contributed by atoms with Gasteiger partial charge < -0.3 is 14.6 Å². The van der Waals surface area contributed by atoms with Crippen LogP contribution in [0.25, 0.3) is 0 Å². The number of rotatable bonds is 4. The van der Waals surface area contributed by atoms with Crippen LogP contribution in [0.2, 0.25) is 13.1 Å². The Labute approximate surface area is 115 Å². The van der Waals surface area contributed by atoms with Crippen LogP contribution in [0.5, 0.6) is 5.75 Å². The van der Waals surface area contributed by atoms with Crippen molar-refractivity contribution in [2.45, 2.75) is 45.9 Å². The van der Waals surface area contributed by atoms with Crippen LogP contribution in [0.1, 0.15) is 42.3 Å². The lowest BCUT2D eigenvalue weighted by atomic mass is 9.81. The summed E-state index contributed by atoms with van der Waals surface area (Å²) in [6, 6.07) is 2.88. The third kappa shape index (κ3) is 3.81. The van der Waals surface area contributed by atoms with E-state index in [1.165, 1.54) is 12.1 Å². The van der Waals surface area contributed by atoms with Gasteiger partial charge >= 0.3 is 5.97 Å². The Morgan fingerprint density at radius 3 is 2.32 bits per heavy atom. The van der Waals surface area contributed by atoms with E-state index in [1.807, 2.05) is 33.9 Å². The molecule has 0 fully saturated rings. The minimum Gasteiger partial charge on any atom is -0.508 e. The Morgan fingerprint density at radius 2 is 1.89 bits per heavy atom. The molecule has 2 N–H and O–H groups in total. The maximum absolute atomic E-state index is 11.3. The highest BCUT2D eigenvalue weighted by Crippen LogP contribution is 2.36. The summed E-state index contributed by atoms with van der Waals surface area (Å²) in [5, 5.41) is 19.3. The molecule has 105 valence electrons. The van der Waals surface area contributed by atoms with Crippen LogP contribution in [0.15, 0.2) is 12.1 Å². The van der Waals surface area contributed by atoms with Gasteiger partial charge in [-0.2, -0.15) is 0 Å². The average Bonchev–Trinajstić information content (AvgIpc) is 2.23. The predicted octanol–water partition coefficient (Wildman–Crippen LogP) is 3.16. The molecule has 0 amide bonds. The van der Waals surface area contributed by atoms with Crippen LogP contribution in [-0.4, -0.2) is 25.2 Å². The van der Waals surface area contributed by atoms with Gasteiger partial charge in [0.2, 0.25) is 9.04 Å². The first-order valence-corrected chi connectivity index (χ1v) is 8.57. The molecule has 0 heterocycles. The molecule has 1 aromatic rings. The minimum atomic E-state index is -0.995. The van der Waals surface area contributed by atoms with Crippen LogP contribution >= 0.6 is 0 Å². The number of phenols is 1. The fraction of sp³-hybridized carbons (Fsp3) is 0.500. The molecular formula is C14H21O4Si. The van der Waals surface area contributed by atoms with Crippen molar-refractivity contribution in [3.05, 3.63) is 28.8 Å². The molecular weight excluding hydrogens is 260 g/mol. The molecule has 0 aliphatic rings. The molecule has 19 heavy (non-hydrogen) atoms. The van der Waals surface area contributed by atoms with Gasteiger partial charge in [0, 0.05) is 5.56 Å². The zero-order valence-corrected chi connectivity index (χ0v) is 13.1. The smallest absolute Gasteiger partial charge is 0.336 e. The Bertz CT molecular complexity index is 475. The van der Waals surface area contributed by atoms with E-state index in [2.05, 4.69) is 0 Å². The molecule has 0 unspecified atom stereocenters. The summed E-state index contributed by atoms with van der Waals surface area (Å²) >= 11 is 0. The lowest BCUT2D eigenvalue weighted by Crippen LogP contribution is -2.20. The fourth-order valence-corrected chi connectivity index (χ4v) is 2.47. The molecule has 1 rings (SSSR count). The number of carboxylic acid groups (broad SMARTS) is 1. The fourth-order valence-electron chi connectivity index (χ4n) is 2.04. The van der Waals surface area contributed by atoms with E-state index < -0.39 is 15.0 Å². The highest BCUT2D eigenvalue weighted by Gasteiger charge is 2.26. The highest BCUT2D eigenvalue weighted by molar-refractivity contribution is 6.48. The van der Waals surface area contributed by atoms with Gasteiger partial charge in [0.1, 0.15) is 5.75 Å². The lowest BCUT2D eigenvalue weighted by Gasteiger charge is -2.25. The summed E-state index contributed by atoms with van der Waals surface area (Å²) in [6.45, 7) is 10.0. The molecule has 4 nitrogen and oxygen atoms in total. The Kier molecular flexibility index (Phi) is 4.76. The molecule has 0 aliphatic carbocycles. The van der Waals surface area contributed by atoms with Gasteiger partial charge in [-0.1, -0.05) is 20.8 Å². The van der Waals surface area contributed by atoms with E-state index in [0.29, 0.717) is 11.1 Å². The quantitative estimate of drug-likeness (QED) is 0.832. The SMILES string of the molecule is C[Si](C)OCc1c(C(=O)O)ccc(O)c1C(C)(C)C. The van der Waals surface area contributed by atoms with Gasteiger partial charge in [-0.05, 0) is 36.2 Å². The number of hydrogen-bond acceptors (Lipinski definition) is 3. The first kappa shape index (κ1) is 15.7. The van der Waals surface area contributed by atoms with E-state index in [-0.39, 0.29) is 23.3 Å². The van der Waals surface area contributed by atoms with Gasteiger partial charge in [-0.15, -0.1) is 0 Å². The summed E-state index contributed by atoms with van der Waals surface area (Å²) in [4.78, 5) is 11.3. The van der Waals surface area contributed by atoms with E-state index in [4.69, 9.17) is 4.43 Å². The van der Waals surface area contributed by atoms with Crippen molar-refractivity contribution in [3.63, 3.8) is 0 Å². The maximum Gasteiger partial charge on any atom is 0.336 e. The van der Waals surface area contributed by atoms with E-state index in [0.717, 1.165) is 0 Å².